The minimum Gasteiger partial charge on any atom is -0.454 e. The fraction of sp³-hybridized carbons (Fsp3) is 0.227. The Morgan fingerprint density at radius 3 is 2.70 bits per heavy atom. The van der Waals surface area contributed by atoms with Gasteiger partial charge >= 0.3 is 0 Å². The molecule has 3 heterocycles. The summed E-state index contributed by atoms with van der Waals surface area (Å²) in [5, 5.41) is 9.02. The van der Waals surface area contributed by atoms with E-state index in [4.69, 9.17) is 15.6 Å². The first kappa shape index (κ1) is 18.5. The number of fused-ring (bicyclic) bond motifs is 1. The van der Waals surface area contributed by atoms with Crippen LogP contribution in [0.5, 0.6) is 11.5 Å². The van der Waals surface area contributed by atoms with Crippen LogP contribution in [-0.2, 0) is 0 Å². The van der Waals surface area contributed by atoms with Crippen molar-refractivity contribution in [3.8, 4) is 22.8 Å². The normalized spacial score (nSPS) is 16.6. The van der Waals surface area contributed by atoms with Crippen molar-refractivity contribution in [2.75, 3.05) is 18.8 Å². The van der Waals surface area contributed by atoms with Crippen LogP contribution in [0, 0.1) is 5.82 Å². The Hall–Kier alpha value is -3.52. The minimum absolute atomic E-state index is 0.183. The topological polar surface area (TPSA) is 90.9 Å². The molecule has 1 aliphatic heterocycles. The van der Waals surface area contributed by atoms with Crippen molar-refractivity contribution in [1.82, 2.24) is 25.1 Å². The van der Waals surface area contributed by atoms with Crippen LogP contribution in [0.1, 0.15) is 18.9 Å². The lowest BCUT2D eigenvalue weighted by molar-refractivity contribution is 0.354. The Balaban J connectivity index is 1.52. The molecule has 4 aromatic rings. The summed E-state index contributed by atoms with van der Waals surface area (Å²) in [6.45, 7) is 1.86. The van der Waals surface area contributed by atoms with E-state index in [-0.39, 0.29) is 11.8 Å². The predicted molar refractivity (Wildman–Crippen MR) is 113 cm³/mol. The summed E-state index contributed by atoms with van der Waals surface area (Å²) in [6, 6.07) is 13.9. The highest BCUT2D eigenvalue weighted by molar-refractivity contribution is 5.98. The average molecular weight is 404 g/mol. The van der Waals surface area contributed by atoms with Crippen molar-refractivity contribution in [2.45, 2.75) is 18.9 Å². The lowest BCUT2D eigenvalue weighted by atomic mass is 10.1. The van der Waals surface area contributed by atoms with Gasteiger partial charge in [0, 0.05) is 12.1 Å². The lowest BCUT2D eigenvalue weighted by Crippen LogP contribution is -2.32. The predicted octanol–water partition coefficient (Wildman–Crippen LogP) is 3.93. The molecule has 5 rings (SSSR count). The van der Waals surface area contributed by atoms with Crippen LogP contribution in [0.15, 0.2) is 54.9 Å². The number of halogens is 1. The van der Waals surface area contributed by atoms with Crippen molar-refractivity contribution in [2.24, 2.45) is 0 Å². The molecule has 1 fully saturated rings. The van der Waals surface area contributed by atoms with Gasteiger partial charge in [0.25, 0.3) is 0 Å². The van der Waals surface area contributed by atoms with E-state index in [0.29, 0.717) is 11.6 Å². The molecule has 0 aliphatic carbocycles. The number of anilines is 1. The van der Waals surface area contributed by atoms with Gasteiger partial charge in [-0.15, -0.1) is 0 Å². The van der Waals surface area contributed by atoms with Crippen molar-refractivity contribution >= 4 is 16.9 Å². The van der Waals surface area contributed by atoms with Crippen LogP contribution in [-0.4, -0.2) is 32.8 Å². The zero-order valence-electron chi connectivity index (χ0n) is 16.3. The fourth-order valence-electron chi connectivity index (χ4n) is 3.83. The minimum atomic E-state index is -0.405. The van der Waals surface area contributed by atoms with Gasteiger partial charge in [0.2, 0.25) is 0 Å². The monoisotopic (exact) mass is 404 g/mol. The van der Waals surface area contributed by atoms with Crippen LogP contribution in [0.3, 0.4) is 0 Å². The molecule has 1 aliphatic rings. The number of ether oxygens (including phenoxy) is 1. The van der Waals surface area contributed by atoms with Gasteiger partial charge in [0.05, 0.1) is 11.4 Å². The maximum atomic E-state index is 13.8. The van der Waals surface area contributed by atoms with Crippen LogP contribution < -0.4 is 15.8 Å². The largest absolute Gasteiger partial charge is 0.454 e. The molecule has 7 nitrogen and oxygen atoms in total. The molecule has 8 heteroatoms. The summed E-state index contributed by atoms with van der Waals surface area (Å²) in [5.41, 5.74) is 8.53. The molecule has 1 saturated heterocycles. The smallest absolute Gasteiger partial charge is 0.165 e. The van der Waals surface area contributed by atoms with Crippen LogP contribution in [0.4, 0.5) is 10.2 Å². The standard InChI is InChI=1S/C22H21FN6O/c23-17-5-1-2-6-18(17)30-16-9-7-14(8-10-16)20-19-21(24)26-13-27-22(19)29(28-20)15-4-3-11-25-12-15/h1-2,5-10,13,15,25H,3-4,11-12H2,(H2,24,26,27)/t15-/m1/s1. The molecule has 2 aromatic carbocycles. The number of piperidine rings is 1. The third-order valence-corrected chi connectivity index (χ3v) is 5.33. The third kappa shape index (κ3) is 3.35. The summed E-state index contributed by atoms with van der Waals surface area (Å²) in [5.74, 6) is 0.713. The molecule has 0 spiro atoms. The van der Waals surface area contributed by atoms with Gasteiger partial charge in [-0.3, -0.25) is 0 Å². The summed E-state index contributed by atoms with van der Waals surface area (Å²) >= 11 is 0. The summed E-state index contributed by atoms with van der Waals surface area (Å²) in [7, 11) is 0. The Bertz CT molecular complexity index is 1180. The lowest BCUT2D eigenvalue weighted by Gasteiger charge is -2.23. The highest BCUT2D eigenvalue weighted by Gasteiger charge is 2.23. The molecule has 0 amide bonds. The van der Waals surface area contributed by atoms with Gasteiger partial charge in [0.15, 0.2) is 17.2 Å². The number of nitrogens with one attached hydrogen (secondary N) is 1. The number of hydrogen-bond acceptors (Lipinski definition) is 6. The Labute approximate surface area is 172 Å². The van der Waals surface area contributed by atoms with Gasteiger partial charge < -0.3 is 15.8 Å². The molecule has 30 heavy (non-hydrogen) atoms. The second-order valence-electron chi connectivity index (χ2n) is 7.31. The van der Waals surface area contributed by atoms with Gasteiger partial charge in [-0.25, -0.2) is 19.0 Å². The molecular formula is C22H21FN6O. The number of nitrogens with zero attached hydrogens (tertiary/aromatic N) is 4. The summed E-state index contributed by atoms with van der Waals surface area (Å²) < 4.78 is 21.5. The molecule has 2 aromatic heterocycles. The molecule has 0 bridgehead atoms. The molecular weight excluding hydrogens is 383 g/mol. The highest BCUT2D eigenvalue weighted by atomic mass is 19.1. The van der Waals surface area contributed by atoms with E-state index in [9.17, 15) is 4.39 Å². The molecule has 0 radical (unpaired) electrons. The van der Waals surface area contributed by atoms with Crippen molar-refractivity contribution in [3.63, 3.8) is 0 Å². The first-order chi connectivity index (χ1) is 14.7. The maximum absolute atomic E-state index is 13.8. The first-order valence-corrected chi connectivity index (χ1v) is 9.93. The zero-order chi connectivity index (χ0) is 20.5. The van der Waals surface area contributed by atoms with Gasteiger partial charge in [-0.1, -0.05) is 12.1 Å². The zero-order valence-corrected chi connectivity index (χ0v) is 16.3. The maximum Gasteiger partial charge on any atom is 0.165 e. The van der Waals surface area contributed by atoms with E-state index in [1.165, 1.54) is 12.4 Å². The second-order valence-corrected chi connectivity index (χ2v) is 7.31. The second kappa shape index (κ2) is 7.72. The van der Waals surface area contributed by atoms with Gasteiger partial charge in [0.1, 0.15) is 23.6 Å². The SMILES string of the molecule is Nc1ncnc2c1c(-c1ccc(Oc3ccccc3F)cc1)nn2[C@@H]1CCCNC1. The Morgan fingerprint density at radius 1 is 1.10 bits per heavy atom. The number of rotatable bonds is 4. The van der Waals surface area contributed by atoms with E-state index < -0.39 is 5.82 Å². The molecule has 3 N–H and O–H groups in total. The van der Waals surface area contributed by atoms with Crippen molar-refractivity contribution in [3.05, 3.63) is 60.7 Å². The van der Waals surface area contributed by atoms with E-state index in [0.717, 1.165) is 48.2 Å². The van der Waals surface area contributed by atoms with Gasteiger partial charge in [-0.05, 0) is 55.8 Å². The summed E-state index contributed by atoms with van der Waals surface area (Å²) in [6.07, 6.45) is 3.59. The van der Waals surface area contributed by atoms with E-state index in [1.807, 2.05) is 16.8 Å². The number of benzene rings is 2. The Morgan fingerprint density at radius 2 is 1.93 bits per heavy atom. The number of hydrogen-bond donors (Lipinski definition) is 2. The summed E-state index contributed by atoms with van der Waals surface area (Å²) in [4.78, 5) is 8.63. The number of nitrogens with two attached hydrogens (primary N) is 1. The van der Waals surface area contributed by atoms with Crippen LogP contribution in [0.25, 0.3) is 22.3 Å². The fourth-order valence-corrected chi connectivity index (χ4v) is 3.83. The third-order valence-electron chi connectivity index (χ3n) is 5.33. The molecule has 0 saturated carbocycles. The quantitative estimate of drug-likeness (QED) is 0.536. The number of para-hydroxylation sites is 1. The van der Waals surface area contributed by atoms with E-state index >= 15 is 0 Å². The molecule has 152 valence electrons. The van der Waals surface area contributed by atoms with E-state index in [2.05, 4.69) is 15.3 Å². The van der Waals surface area contributed by atoms with Crippen LogP contribution >= 0.6 is 0 Å². The molecule has 1 atom stereocenters. The van der Waals surface area contributed by atoms with Crippen molar-refractivity contribution in [1.29, 1.82) is 0 Å². The first-order valence-electron chi connectivity index (χ1n) is 9.93. The number of nitrogen functional groups attached to an aromatic ring is 1. The van der Waals surface area contributed by atoms with Crippen LogP contribution in [0.2, 0.25) is 0 Å². The molecule has 0 unspecified atom stereocenters. The van der Waals surface area contributed by atoms with E-state index in [1.54, 1.807) is 30.3 Å². The highest BCUT2D eigenvalue weighted by Crippen LogP contribution is 2.34. The van der Waals surface area contributed by atoms with Gasteiger partial charge in [-0.2, -0.15) is 5.10 Å². The average Bonchev–Trinajstić information content (AvgIpc) is 3.18. The van der Waals surface area contributed by atoms with Crippen molar-refractivity contribution < 1.29 is 9.13 Å². The Kier molecular flexibility index (Phi) is 4.76. The number of aromatic nitrogens is 4.